The average molecular weight is 378 g/mol. The van der Waals surface area contributed by atoms with Crippen LogP contribution >= 0.6 is 0 Å². The van der Waals surface area contributed by atoms with Crippen molar-refractivity contribution in [2.75, 3.05) is 0 Å². The first-order chi connectivity index (χ1) is 13.4. The van der Waals surface area contributed by atoms with Gasteiger partial charge in [-0.05, 0) is 60.0 Å². The van der Waals surface area contributed by atoms with Crippen molar-refractivity contribution in [2.45, 2.75) is 20.0 Å². The summed E-state index contributed by atoms with van der Waals surface area (Å²) in [5.41, 5.74) is 2.99. The lowest BCUT2D eigenvalue weighted by atomic mass is 10.0. The number of carbonyl (C=O) groups is 2. The predicted octanol–water partition coefficient (Wildman–Crippen LogP) is 5.34. The van der Waals surface area contributed by atoms with Crippen LogP contribution in [0.3, 0.4) is 0 Å². The molecule has 3 aromatic carbocycles. The van der Waals surface area contributed by atoms with E-state index in [1.165, 1.54) is 19.1 Å². The van der Waals surface area contributed by atoms with E-state index in [-0.39, 0.29) is 11.8 Å². The molecule has 0 radical (unpaired) electrons. The molecule has 142 valence electrons. The Hall–Kier alpha value is -3.47. The van der Waals surface area contributed by atoms with E-state index in [0.29, 0.717) is 11.3 Å². The minimum absolute atomic E-state index is 0.334. The molecule has 1 unspecified atom stereocenters. The Morgan fingerprint density at radius 2 is 1.36 bits per heavy atom. The number of benzene rings is 3. The SMILES string of the molecule is CC(=O)Oc1ccc(-c2ccc(C(=O)OC(C)c3ccc(F)cc3)cc2)cc1. The van der Waals surface area contributed by atoms with E-state index >= 15 is 0 Å². The van der Waals surface area contributed by atoms with Gasteiger partial charge in [-0.1, -0.05) is 36.4 Å². The number of halogens is 1. The van der Waals surface area contributed by atoms with Crippen molar-refractivity contribution in [3.63, 3.8) is 0 Å². The Labute approximate surface area is 162 Å². The Bertz CT molecular complexity index is 961. The number of carbonyl (C=O) groups excluding carboxylic acids is 2. The predicted molar refractivity (Wildman–Crippen MR) is 103 cm³/mol. The highest BCUT2D eigenvalue weighted by Gasteiger charge is 2.14. The van der Waals surface area contributed by atoms with E-state index in [9.17, 15) is 14.0 Å². The van der Waals surface area contributed by atoms with Gasteiger partial charge >= 0.3 is 11.9 Å². The van der Waals surface area contributed by atoms with E-state index < -0.39 is 12.1 Å². The molecule has 0 aliphatic carbocycles. The van der Waals surface area contributed by atoms with Gasteiger partial charge in [0, 0.05) is 6.92 Å². The molecule has 0 bridgehead atoms. The quantitative estimate of drug-likeness (QED) is 0.444. The fourth-order valence-corrected chi connectivity index (χ4v) is 2.71. The molecule has 0 saturated carbocycles. The Morgan fingerprint density at radius 3 is 1.89 bits per heavy atom. The van der Waals surface area contributed by atoms with Crippen molar-refractivity contribution >= 4 is 11.9 Å². The van der Waals surface area contributed by atoms with Gasteiger partial charge in [0.25, 0.3) is 0 Å². The van der Waals surface area contributed by atoms with Crippen LogP contribution in [0, 0.1) is 5.82 Å². The standard InChI is InChI=1S/C23H19FO4/c1-15(17-7-11-21(24)12-8-17)27-23(26)20-5-3-18(4-6-20)19-9-13-22(14-10-19)28-16(2)25/h3-15H,1-2H3. The summed E-state index contributed by atoms with van der Waals surface area (Å²) in [5.74, 6) is -0.677. The van der Waals surface area contributed by atoms with Gasteiger partial charge in [-0.15, -0.1) is 0 Å². The number of ether oxygens (including phenoxy) is 2. The summed E-state index contributed by atoms with van der Waals surface area (Å²) >= 11 is 0. The third kappa shape index (κ3) is 4.82. The van der Waals surface area contributed by atoms with Gasteiger partial charge < -0.3 is 9.47 Å². The van der Waals surface area contributed by atoms with Crippen LogP contribution in [0.5, 0.6) is 5.75 Å². The van der Waals surface area contributed by atoms with Crippen molar-refractivity contribution in [3.05, 3.63) is 89.7 Å². The number of esters is 2. The first-order valence-electron chi connectivity index (χ1n) is 8.78. The molecular weight excluding hydrogens is 359 g/mol. The van der Waals surface area contributed by atoms with Crippen molar-refractivity contribution in [1.29, 1.82) is 0 Å². The molecule has 0 aromatic heterocycles. The van der Waals surface area contributed by atoms with E-state index in [0.717, 1.165) is 16.7 Å². The van der Waals surface area contributed by atoms with Gasteiger partial charge in [-0.3, -0.25) is 4.79 Å². The van der Waals surface area contributed by atoms with Crippen LogP contribution in [-0.4, -0.2) is 11.9 Å². The summed E-state index contributed by atoms with van der Waals surface area (Å²) in [4.78, 5) is 23.3. The summed E-state index contributed by atoms with van der Waals surface area (Å²) < 4.78 is 23.5. The van der Waals surface area contributed by atoms with Gasteiger partial charge in [-0.25, -0.2) is 9.18 Å². The maximum atomic E-state index is 13.0. The molecule has 0 fully saturated rings. The van der Waals surface area contributed by atoms with Crippen LogP contribution in [0.15, 0.2) is 72.8 Å². The molecule has 0 amide bonds. The first-order valence-corrected chi connectivity index (χ1v) is 8.78. The third-order valence-corrected chi connectivity index (χ3v) is 4.19. The Balaban J connectivity index is 1.67. The molecule has 4 nitrogen and oxygen atoms in total. The van der Waals surface area contributed by atoms with Gasteiger partial charge in [0.15, 0.2) is 0 Å². The molecule has 0 spiro atoms. The fraction of sp³-hybridized carbons (Fsp3) is 0.130. The average Bonchev–Trinajstić information content (AvgIpc) is 2.68. The second kappa shape index (κ2) is 8.48. The zero-order valence-corrected chi connectivity index (χ0v) is 15.5. The minimum Gasteiger partial charge on any atom is -0.454 e. The summed E-state index contributed by atoms with van der Waals surface area (Å²) in [6, 6.07) is 20.0. The molecular formula is C23H19FO4. The first kappa shape index (κ1) is 19.3. The summed E-state index contributed by atoms with van der Waals surface area (Å²) in [5, 5.41) is 0. The monoisotopic (exact) mass is 378 g/mol. The zero-order chi connectivity index (χ0) is 20.1. The summed E-state index contributed by atoms with van der Waals surface area (Å²) in [7, 11) is 0. The lowest BCUT2D eigenvalue weighted by Crippen LogP contribution is -2.09. The normalized spacial score (nSPS) is 11.5. The molecule has 28 heavy (non-hydrogen) atoms. The lowest BCUT2D eigenvalue weighted by Gasteiger charge is -2.14. The molecule has 0 aliphatic heterocycles. The number of rotatable bonds is 5. The van der Waals surface area contributed by atoms with E-state index in [1.807, 2.05) is 24.3 Å². The lowest BCUT2D eigenvalue weighted by molar-refractivity contribution is -0.131. The Morgan fingerprint density at radius 1 is 0.821 bits per heavy atom. The second-order valence-corrected chi connectivity index (χ2v) is 6.29. The van der Waals surface area contributed by atoms with Crippen LogP contribution < -0.4 is 4.74 Å². The molecule has 3 aromatic rings. The van der Waals surface area contributed by atoms with E-state index in [2.05, 4.69) is 0 Å². The molecule has 0 aliphatic rings. The topological polar surface area (TPSA) is 52.6 Å². The molecule has 1 atom stereocenters. The highest BCUT2D eigenvalue weighted by Crippen LogP contribution is 2.24. The summed E-state index contributed by atoms with van der Waals surface area (Å²) in [6.45, 7) is 3.09. The van der Waals surface area contributed by atoms with E-state index in [1.54, 1.807) is 43.3 Å². The van der Waals surface area contributed by atoms with Crippen LogP contribution in [0.4, 0.5) is 4.39 Å². The molecule has 5 heteroatoms. The highest BCUT2D eigenvalue weighted by atomic mass is 19.1. The maximum Gasteiger partial charge on any atom is 0.338 e. The van der Waals surface area contributed by atoms with Gasteiger partial charge in [0.1, 0.15) is 17.7 Å². The molecule has 0 heterocycles. The van der Waals surface area contributed by atoms with Crippen molar-refractivity contribution < 1.29 is 23.5 Å². The minimum atomic E-state index is -0.485. The van der Waals surface area contributed by atoms with Gasteiger partial charge in [-0.2, -0.15) is 0 Å². The smallest absolute Gasteiger partial charge is 0.338 e. The number of hydrogen-bond acceptors (Lipinski definition) is 4. The summed E-state index contributed by atoms with van der Waals surface area (Å²) in [6.07, 6.45) is -0.485. The van der Waals surface area contributed by atoms with Crippen LogP contribution in [-0.2, 0) is 9.53 Å². The molecule has 3 rings (SSSR count). The van der Waals surface area contributed by atoms with Crippen LogP contribution in [0.2, 0.25) is 0 Å². The maximum absolute atomic E-state index is 13.0. The zero-order valence-electron chi connectivity index (χ0n) is 15.5. The Kier molecular flexibility index (Phi) is 5.84. The van der Waals surface area contributed by atoms with Crippen LogP contribution in [0.1, 0.15) is 35.9 Å². The number of hydrogen-bond donors (Lipinski definition) is 0. The second-order valence-electron chi connectivity index (χ2n) is 6.29. The largest absolute Gasteiger partial charge is 0.454 e. The highest BCUT2D eigenvalue weighted by molar-refractivity contribution is 5.90. The van der Waals surface area contributed by atoms with Crippen molar-refractivity contribution in [1.82, 2.24) is 0 Å². The van der Waals surface area contributed by atoms with E-state index in [4.69, 9.17) is 9.47 Å². The molecule has 0 N–H and O–H groups in total. The third-order valence-electron chi connectivity index (χ3n) is 4.19. The van der Waals surface area contributed by atoms with Crippen molar-refractivity contribution in [3.8, 4) is 16.9 Å². The fourth-order valence-electron chi connectivity index (χ4n) is 2.71. The van der Waals surface area contributed by atoms with Crippen molar-refractivity contribution in [2.24, 2.45) is 0 Å². The van der Waals surface area contributed by atoms with Gasteiger partial charge in [0.05, 0.1) is 5.56 Å². The van der Waals surface area contributed by atoms with Crippen LogP contribution in [0.25, 0.3) is 11.1 Å². The molecule has 0 saturated heterocycles. The van der Waals surface area contributed by atoms with Gasteiger partial charge in [0.2, 0.25) is 0 Å².